The van der Waals surface area contributed by atoms with Crippen LogP contribution in [0.15, 0.2) is 36.5 Å². The second-order valence-electron chi connectivity index (χ2n) is 17.9. The van der Waals surface area contributed by atoms with Crippen LogP contribution in [-0.4, -0.2) is 29.1 Å². The van der Waals surface area contributed by atoms with E-state index in [2.05, 4.69) is 62.1 Å². The van der Waals surface area contributed by atoms with Gasteiger partial charge in [-0.05, 0) is 116 Å². The molecule has 1 radical (unpaired) electrons. The van der Waals surface area contributed by atoms with Gasteiger partial charge in [-0.3, -0.25) is 0 Å². The molecular formula is C57H105CeO9. The van der Waals surface area contributed by atoms with Crippen molar-refractivity contribution in [2.45, 2.75) is 304 Å². The van der Waals surface area contributed by atoms with Gasteiger partial charge in [-0.1, -0.05) is 218 Å². The van der Waals surface area contributed by atoms with E-state index in [0.29, 0.717) is 0 Å². The van der Waals surface area contributed by atoms with E-state index in [1.807, 2.05) is 0 Å². The number of hydrogen-bond acceptors (Lipinski definition) is 9. The first-order valence-corrected chi connectivity index (χ1v) is 27.5. The second-order valence-corrected chi connectivity index (χ2v) is 17.9. The molecule has 0 rings (SSSR count). The third-order valence-corrected chi connectivity index (χ3v) is 11.3. The van der Waals surface area contributed by atoms with Crippen LogP contribution in [0.4, 0.5) is 0 Å². The SMILES string of the molecule is CCC(=O)OO.CCCCCCCCC=CCCCCCCCC(=O)[O-].CCCCCCCCC=CCCCCCCCC(=O)[O-].CCCCCCCCC=CCCCCCCCC(=O)[O-].[Ce+3]. The van der Waals surface area contributed by atoms with Crippen LogP contribution in [-0.2, 0) is 24.1 Å². The molecule has 67 heavy (non-hydrogen) atoms. The van der Waals surface area contributed by atoms with Crippen molar-refractivity contribution in [3.63, 3.8) is 0 Å². The molecule has 0 saturated carbocycles. The van der Waals surface area contributed by atoms with Gasteiger partial charge in [0.25, 0.3) is 0 Å². The third kappa shape index (κ3) is 88.0. The van der Waals surface area contributed by atoms with E-state index in [-0.39, 0.29) is 67.4 Å². The van der Waals surface area contributed by atoms with E-state index in [4.69, 9.17) is 5.26 Å². The molecular weight excluding hydrogens is 969 g/mol. The average molecular weight is 1070 g/mol. The average Bonchev–Trinajstić information content (AvgIpc) is 3.30. The van der Waals surface area contributed by atoms with Gasteiger partial charge in [0.15, 0.2) is 0 Å². The number of carbonyl (C=O) groups excluding carboxylic acids is 4. The number of aliphatic carboxylic acids is 3. The van der Waals surface area contributed by atoms with Crippen molar-refractivity contribution in [3.05, 3.63) is 36.5 Å². The predicted molar refractivity (Wildman–Crippen MR) is 272 cm³/mol. The Labute approximate surface area is 447 Å². The van der Waals surface area contributed by atoms with Gasteiger partial charge in [0.2, 0.25) is 0 Å². The van der Waals surface area contributed by atoms with Crippen molar-refractivity contribution in [2.75, 3.05) is 0 Å². The summed E-state index contributed by atoms with van der Waals surface area (Å²) in [6.07, 6.45) is 62.9. The first-order chi connectivity index (χ1) is 32.1. The Kier molecular flexibility index (Phi) is 78.8. The number of allylic oxidation sites excluding steroid dienone is 6. The molecule has 0 aromatic carbocycles. The van der Waals surface area contributed by atoms with Crippen molar-refractivity contribution in [2.24, 2.45) is 0 Å². The summed E-state index contributed by atoms with van der Waals surface area (Å²) >= 11 is 0. The molecule has 0 spiro atoms. The second kappa shape index (κ2) is 71.0. The van der Waals surface area contributed by atoms with Crippen LogP contribution in [0.25, 0.3) is 0 Å². The summed E-state index contributed by atoms with van der Waals surface area (Å²) in [7, 11) is 0. The van der Waals surface area contributed by atoms with Crippen LogP contribution in [0, 0.1) is 41.7 Å². The molecule has 0 aliphatic rings. The van der Waals surface area contributed by atoms with Gasteiger partial charge in [0.05, 0.1) is 0 Å². The summed E-state index contributed by atoms with van der Waals surface area (Å²) in [5.74, 6) is -3.34. The van der Waals surface area contributed by atoms with E-state index in [1.165, 1.54) is 193 Å². The maximum absolute atomic E-state index is 10.2. The smallest absolute Gasteiger partial charge is 0.550 e. The molecule has 1 N–H and O–H groups in total. The predicted octanol–water partition coefficient (Wildman–Crippen LogP) is 14.7. The van der Waals surface area contributed by atoms with E-state index < -0.39 is 23.9 Å². The molecule has 0 fully saturated rings. The van der Waals surface area contributed by atoms with Gasteiger partial charge in [0.1, 0.15) is 0 Å². The van der Waals surface area contributed by atoms with Crippen molar-refractivity contribution < 1.29 is 86.4 Å². The van der Waals surface area contributed by atoms with Crippen LogP contribution < -0.4 is 15.3 Å². The number of rotatable bonds is 46. The minimum absolute atomic E-state index is 0. The van der Waals surface area contributed by atoms with Crippen LogP contribution in [0.1, 0.15) is 304 Å². The molecule has 0 aromatic heterocycles. The molecule has 0 bridgehead atoms. The molecule has 10 heteroatoms. The summed E-state index contributed by atoms with van der Waals surface area (Å²) in [5.41, 5.74) is 0. The van der Waals surface area contributed by atoms with Crippen molar-refractivity contribution in [1.29, 1.82) is 0 Å². The minimum Gasteiger partial charge on any atom is -0.550 e. The standard InChI is InChI=1S/3C18H34O2.C3H6O3.Ce/c3*1-2-3-4-5-6-7-8-9-10-11-12-13-14-15-16-17-18(19)20;1-2-3(4)6-5;/h3*9-10H,2-8,11-17H2,1H3,(H,19,20);5H,2H2,1H3;/q;;;;+3/p-3. The number of carboxylic acids is 3. The molecule has 0 heterocycles. The van der Waals surface area contributed by atoms with Gasteiger partial charge >= 0.3 is 47.7 Å². The van der Waals surface area contributed by atoms with Crippen molar-refractivity contribution in [3.8, 4) is 0 Å². The van der Waals surface area contributed by atoms with E-state index in [1.54, 1.807) is 6.92 Å². The molecule has 0 saturated heterocycles. The fraction of sp³-hybridized carbons (Fsp3) is 0.825. The zero-order valence-electron chi connectivity index (χ0n) is 44.1. The first-order valence-electron chi connectivity index (χ1n) is 27.5. The van der Waals surface area contributed by atoms with E-state index in [9.17, 15) is 34.5 Å². The van der Waals surface area contributed by atoms with Gasteiger partial charge < -0.3 is 34.6 Å². The summed E-state index contributed by atoms with van der Waals surface area (Å²) in [5, 5.41) is 38.1. The van der Waals surface area contributed by atoms with Gasteiger partial charge in [-0.2, -0.15) is 5.26 Å². The van der Waals surface area contributed by atoms with Crippen LogP contribution in [0.5, 0.6) is 0 Å². The largest absolute Gasteiger partial charge is 3.00 e. The third-order valence-electron chi connectivity index (χ3n) is 11.3. The van der Waals surface area contributed by atoms with Crippen LogP contribution in [0.2, 0.25) is 0 Å². The monoisotopic (exact) mass is 1070 g/mol. The number of hydrogen-bond donors (Lipinski definition) is 1. The molecule has 0 amide bonds. The number of carboxylic acid groups (broad SMARTS) is 3. The molecule has 0 atom stereocenters. The Hall–Kier alpha value is -1.56. The Morgan fingerprint density at radius 3 is 0.657 bits per heavy atom. The zero-order chi connectivity index (χ0) is 49.7. The molecule has 391 valence electrons. The first kappa shape index (κ1) is 74.4. The van der Waals surface area contributed by atoms with Crippen molar-refractivity contribution in [1.82, 2.24) is 0 Å². The maximum Gasteiger partial charge on any atom is 3.00 e. The molecule has 0 aliphatic carbocycles. The fourth-order valence-corrected chi connectivity index (χ4v) is 7.08. The van der Waals surface area contributed by atoms with Gasteiger partial charge in [0, 0.05) is 24.3 Å². The van der Waals surface area contributed by atoms with E-state index >= 15 is 0 Å². The minimum atomic E-state index is -0.914. The molecule has 0 aliphatic heterocycles. The number of unbranched alkanes of at least 4 members (excludes halogenated alkanes) is 33. The van der Waals surface area contributed by atoms with Gasteiger partial charge in [-0.25, -0.2) is 4.79 Å². The quantitative estimate of drug-likeness (QED) is 0.0270. The normalized spacial score (nSPS) is 10.8. The molecule has 0 unspecified atom stereocenters. The summed E-state index contributed by atoms with van der Waals surface area (Å²) < 4.78 is 0. The Morgan fingerprint density at radius 2 is 0.507 bits per heavy atom. The Bertz CT molecular complexity index is 951. The molecule has 0 aromatic rings. The summed E-state index contributed by atoms with van der Waals surface area (Å²) in [6.45, 7) is 8.36. The summed E-state index contributed by atoms with van der Waals surface area (Å²) in [4.78, 5) is 43.6. The molecule has 9 nitrogen and oxygen atoms in total. The number of carbonyl (C=O) groups is 4. The van der Waals surface area contributed by atoms with E-state index in [0.717, 1.165) is 57.8 Å². The van der Waals surface area contributed by atoms with Crippen LogP contribution in [0.3, 0.4) is 0 Å². The zero-order valence-corrected chi connectivity index (χ0v) is 47.2. The Balaban J connectivity index is -0.000000268. The topological polar surface area (TPSA) is 167 Å². The van der Waals surface area contributed by atoms with Gasteiger partial charge in [-0.15, -0.1) is 0 Å². The Morgan fingerprint density at radius 1 is 0.328 bits per heavy atom. The summed E-state index contributed by atoms with van der Waals surface area (Å²) in [6, 6.07) is 0. The fourth-order valence-electron chi connectivity index (χ4n) is 7.08. The van der Waals surface area contributed by atoms with Crippen molar-refractivity contribution >= 4 is 23.9 Å². The maximum atomic E-state index is 10.2. The van der Waals surface area contributed by atoms with Crippen LogP contribution >= 0.6 is 0 Å².